The van der Waals surface area contributed by atoms with Crippen molar-refractivity contribution in [3.8, 4) is 0 Å². The van der Waals surface area contributed by atoms with Crippen molar-refractivity contribution in [3.63, 3.8) is 0 Å². The topological polar surface area (TPSA) is 53.8 Å². The van der Waals surface area contributed by atoms with Gasteiger partial charge in [0.1, 0.15) is 5.76 Å². The quantitative estimate of drug-likeness (QED) is 0.779. The molecule has 0 N–H and O–H groups in total. The third kappa shape index (κ3) is 3.57. The van der Waals surface area contributed by atoms with Crippen molar-refractivity contribution in [2.24, 2.45) is 0 Å². The number of hydrogen-bond donors (Lipinski definition) is 0. The summed E-state index contributed by atoms with van der Waals surface area (Å²) in [7, 11) is -1.59. The van der Waals surface area contributed by atoms with E-state index in [2.05, 4.69) is 4.90 Å². The van der Waals surface area contributed by atoms with Crippen LogP contribution in [0.15, 0.2) is 22.8 Å². The second kappa shape index (κ2) is 5.86. The summed E-state index contributed by atoms with van der Waals surface area (Å²) in [6.45, 7) is 2.98. The molecule has 1 fully saturated rings. The van der Waals surface area contributed by atoms with Gasteiger partial charge < -0.3 is 9.32 Å². The highest BCUT2D eigenvalue weighted by Crippen LogP contribution is 2.11. The Morgan fingerprint density at radius 1 is 1.39 bits per heavy atom. The maximum absolute atomic E-state index is 12.1. The minimum atomic E-state index is -3.19. The first-order valence-electron chi connectivity index (χ1n) is 6.27. The highest BCUT2D eigenvalue weighted by molar-refractivity contribution is 7.89. The maximum atomic E-state index is 12.1. The highest BCUT2D eigenvalue weighted by Gasteiger charge is 2.21. The molecule has 1 aromatic heterocycles. The van der Waals surface area contributed by atoms with Gasteiger partial charge in [-0.15, -0.1) is 0 Å². The molecule has 0 aromatic carbocycles. The van der Waals surface area contributed by atoms with Gasteiger partial charge in [-0.2, -0.15) is 4.31 Å². The second-order valence-electron chi connectivity index (χ2n) is 4.70. The summed E-state index contributed by atoms with van der Waals surface area (Å²) in [5.74, 6) is 0.853. The predicted molar refractivity (Wildman–Crippen MR) is 69.6 cm³/mol. The molecule has 5 nitrogen and oxygen atoms in total. The SMILES string of the molecule is CN(Cc1ccco1)S(=O)(=O)CCN1CCCC1. The molecule has 2 rings (SSSR count). The number of sulfonamides is 1. The van der Waals surface area contributed by atoms with E-state index in [9.17, 15) is 8.42 Å². The summed E-state index contributed by atoms with van der Waals surface area (Å²) in [6.07, 6.45) is 3.92. The van der Waals surface area contributed by atoms with Gasteiger partial charge in [0.05, 0.1) is 18.6 Å². The summed E-state index contributed by atoms with van der Waals surface area (Å²) in [6, 6.07) is 3.55. The Balaban J connectivity index is 1.85. The fraction of sp³-hybridized carbons (Fsp3) is 0.667. The van der Waals surface area contributed by atoms with Crippen LogP contribution < -0.4 is 0 Å². The Labute approximate surface area is 108 Å². The van der Waals surface area contributed by atoms with E-state index in [1.165, 1.54) is 17.1 Å². The van der Waals surface area contributed by atoms with Crippen molar-refractivity contribution in [3.05, 3.63) is 24.2 Å². The zero-order valence-electron chi connectivity index (χ0n) is 10.7. The largest absolute Gasteiger partial charge is 0.468 e. The lowest BCUT2D eigenvalue weighted by Crippen LogP contribution is -2.34. The first-order valence-corrected chi connectivity index (χ1v) is 7.87. The van der Waals surface area contributed by atoms with Crippen LogP contribution in [0.25, 0.3) is 0 Å². The van der Waals surface area contributed by atoms with Crippen molar-refractivity contribution in [2.75, 3.05) is 32.4 Å². The van der Waals surface area contributed by atoms with Gasteiger partial charge in [-0.3, -0.25) is 0 Å². The molecule has 0 spiro atoms. The van der Waals surface area contributed by atoms with Crippen LogP contribution in [0.3, 0.4) is 0 Å². The monoisotopic (exact) mass is 272 g/mol. The van der Waals surface area contributed by atoms with E-state index in [1.54, 1.807) is 25.4 Å². The molecule has 0 atom stereocenters. The Morgan fingerprint density at radius 2 is 2.11 bits per heavy atom. The van der Waals surface area contributed by atoms with Crippen LogP contribution in [0.5, 0.6) is 0 Å². The summed E-state index contributed by atoms with van der Waals surface area (Å²) in [4.78, 5) is 2.21. The van der Waals surface area contributed by atoms with Gasteiger partial charge in [0.15, 0.2) is 0 Å². The van der Waals surface area contributed by atoms with Crippen molar-refractivity contribution >= 4 is 10.0 Å². The van der Waals surface area contributed by atoms with Crippen LogP contribution in [0.2, 0.25) is 0 Å². The molecule has 1 aliphatic heterocycles. The average Bonchev–Trinajstić information content (AvgIpc) is 2.99. The van der Waals surface area contributed by atoms with E-state index in [0.717, 1.165) is 13.1 Å². The van der Waals surface area contributed by atoms with Gasteiger partial charge in [-0.05, 0) is 38.1 Å². The fourth-order valence-corrected chi connectivity index (χ4v) is 3.25. The fourth-order valence-electron chi connectivity index (χ4n) is 2.13. The zero-order valence-corrected chi connectivity index (χ0v) is 11.5. The molecule has 0 aliphatic carbocycles. The zero-order chi connectivity index (χ0) is 13.0. The summed E-state index contributed by atoms with van der Waals surface area (Å²) < 4.78 is 30.7. The predicted octanol–water partition coefficient (Wildman–Crippen LogP) is 1.14. The summed E-state index contributed by atoms with van der Waals surface area (Å²) in [5, 5.41) is 0. The molecule has 1 aromatic rings. The first kappa shape index (κ1) is 13.6. The van der Waals surface area contributed by atoms with E-state index in [-0.39, 0.29) is 5.75 Å². The molecule has 2 heterocycles. The van der Waals surface area contributed by atoms with Crippen LogP contribution in [0.1, 0.15) is 18.6 Å². The van der Waals surface area contributed by atoms with Gasteiger partial charge in [0.25, 0.3) is 0 Å². The van der Waals surface area contributed by atoms with Crippen LogP contribution in [-0.4, -0.2) is 50.1 Å². The molecule has 1 saturated heterocycles. The normalized spacial score (nSPS) is 17.7. The Hall–Kier alpha value is -0.850. The maximum Gasteiger partial charge on any atom is 0.215 e. The summed E-state index contributed by atoms with van der Waals surface area (Å²) in [5.41, 5.74) is 0. The molecule has 0 amide bonds. The molecule has 0 bridgehead atoms. The second-order valence-corrected chi connectivity index (χ2v) is 6.90. The molecule has 6 heteroatoms. The van der Waals surface area contributed by atoms with Crippen molar-refractivity contribution in [1.82, 2.24) is 9.21 Å². The minimum Gasteiger partial charge on any atom is -0.468 e. The standard InChI is InChI=1S/C12H20N2O3S/c1-13(11-12-5-4-9-17-12)18(15,16)10-8-14-6-2-3-7-14/h4-5,9H,2-3,6-8,10-11H2,1H3. The van der Waals surface area contributed by atoms with Gasteiger partial charge in [-0.1, -0.05) is 0 Å². The van der Waals surface area contributed by atoms with Gasteiger partial charge in [-0.25, -0.2) is 8.42 Å². The molecule has 0 radical (unpaired) electrons. The number of likely N-dealkylation sites (tertiary alicyclic amines) is 1. The van der Waals surface area contributed by atoms with Crippen LogP contribution in [0, 0.1) is 0 Å². The van der Waals surface area contributed by atoms with Crippen LogP contribution in [-0.2, 0) is 16.6 Å². The number of furan rings is 1. The lowest BCUT2D eigenvalue weighted by atomic mass is 10.4. The van der Waals surface area contributed by atoms with E-state index in [4.69, 9.17) is 4.42 Å². The molecule has 0 unspecified atom stereocenters. The van der Waals surface area contributed by atoms with E-state index in [0.29, 0.717) is 18.8 Å². The number of nitrogens with zero attached hydrogens (tertiary/aromatic N) is 2. The van der Waals surface area contributed by atoms with Gasteiger partial charge in [0, 0.05) is 13.6 Å². The van der Waals surface area contributed by atoms with Gasteiger partial charge >= 0.3 is 0 Å². The number of hydrogen-bond acceptors (Lipinski definition) is 4. The third-order valence-corrected chi connectivity index (χ3v) is 5.07. The van der Waals surface area contributed by atoms with Crippen LogP contribution >= 0.6 is 0 Å². The van der Waals surface area contributed by atoms with Gasteiger partial charge in [0.2, 0.25) is 10.0 Å². The van der Waals surface area contributed by atoms with Crippen molar-refractivity contribution in [2.45, 2.75) is 19.4 Å². The van der Waals surface area contributed by atoms with Crippen LogP contribution in [0.4, 0.5) is 0 Å². The molecular formula is C12H20N2O3S. The Morgan fingerprint density at radius 3 is 2.72 bits per heavy atom. The molecule has 0 saturated carbocycles. The van der Waals surface area contributed by atoms with Crippen molar-refractivity contribution in [1.29, 1.82) is 0 Å². The van der Waals surface area contributed by atoms with E-state index < -0.39 is 10.0 Å². The number of rotatable bonds is 6. The van der Waals surface area contributed by atoms with E-state index >= 15 is 0 Å². The lowest BCUT2D eigenvalue weighted by molar-refractivity contribution is 0.352. The average molecular weight is 272 g/mol. The molecule has 1 aliphatic rings. The third-order valence-electron chi connectivity index (χ3n) is 3.30. The Bertz CT molecular complexity index is 450. The lowest BCUT2D eigenvalue weighted by Gasteiger charge is -2.19. The summed E-state index contributed by atoms with van der Waals surface area (Å²) >= 11 is 0. The van der Waals surface area contributed by atoms with Crippen molar-refractivity contribution < 1.29 is 12.8 Å². The minimum absolute atomic E-state index is 0.185. The molecule has 102 valence electrons. The highest BCUT2D eigenvalue weighted by atomic mass is 32.2. The molecule has 18 heavy (non-hydrogen) atoms. The smallest absolute Gasteiger partial charge is 0.215 e. The molecular weight excluding hydrogens is 252 g/mol. The Kier molecular flexibility index (Phi) is 4.42. The first-order chi connectivity index (χ1) is 8.58. The van der Waals surface area contributed by atoms with E-state index in [1.807, 2.05) is 0 Å².